The molecule has 0 aliphatic carbocycles. The molecule has 2 aromatic rings. The van der Waals surface area contributed by atoms with Crippen LogP contribution in [0.2, 0.25) is 0 Å². The van der Waals surface area contributed by atoms with Gasteiger partial charge in [-0.15, -0.1) is 0 Å². The lowest BCUT2D eigenvalue weighted by atomic mass is 10.1. The highest BCUT2D eigenvalue weighted by molar-refractivity contribution is 5.98. The molecule has 0 fully saturated rings. The van der Waals surface area contributed by atoms with Gasteiger partial charge in [0.05, 0.1) is 26.2 Å². The second kappa shape index (κ2) is 6.65. The Morgan fingerprint density at radius 1 is 1.19 bits per heavy atom. The van der Waals surface area contributed by atoms with Crippen LogP contribution >= 0.6 is 0 Å². The summed E-state index contributed by atoms with van der Waals surface area (Å²) in [6.45, 7) is 0. The van der Waals surface area contributed by atoms with Gasteiger partial charge in [0.15, 0.2) is 0 Å². The van der Waals surface area contributed by atoms with Gasteiger partial charge >= 0.3 is 11.9 Å². The summed E-state index contributed by atoms with van der Waals surface area (Å²) in [6.07, 6.45) is 3.21. The van der Waals surface area contributed by atoms with Crippen molar-refractivity contribution >= 4 is 28.9 Å². The maximum atomic E-state index is 11.7. The maximum absolute atomic E-state index is 11.7. The number of rotatable bonds is 4. The van der Waals surface area contributed by atoms with Crippen molar-refractivity contribution in [3.63, 3.8) is 0 Å². The molecular weight excluding hydrogens is 270 g/mol. The number of fused-ring (bicyclic) bond motifs is 1. The highest BCUT2D eigenvalue weighted by atomic mass is 16.5. The van der Waals surface area contributed by atoms with Crippen LogP contribution < -0.4 is 0 Å². The Morgan fingerprint density at radius 3 is 2.71 bits per heavy atom. The molecule has 1 aromatic carbocycles. The molecule has 0 bridgehead atoms. The van der Waals surface area contributed by atoms with Crippen LogP contribution in [0, 0.1) is 0 Å². The Bertz CT molecular complexity index is 706. The molecule has 0 radical (unpaired) electrons. The molecule has 21 heavy (non-hydrogen) atoms. The summed E-state index contributed by atoms with van der Waals surface area (Å²) in [5, 5.41) is 0.952. The van der Waals surface area contributed by atoms with Crippen LogP contribution in [0.25, 0.3) is 17.0 Å². The molecule has 0 N–H and O–H groups in total. The molecule has 0 aliphatic heterocycles. The maximum Gasteiger partial charge on any atom is 0.334 e. The van der Waals surface area contributed by atoms with Gasteiger partial charge in [-0.3, -0.25) is 9.78 Å². The third-order valence-corrected chi connectivity index (χ3v) is 2.98. The van der Waals surface area contributed by atoms with Crippen LogP contribution in [0.1, 0.15) is 12.0 Å². The van der Waals surface area contributed by atoms with Crippen LogP contribution in [0.5, 0.6) is 0 Å². The Balaban J connectivity index is 2.38. The molecule has 1 aromatic heterocycles. The lowest BCUT2D eigenvalue weighted by Gasteiger charge is -2.05. The number of hydrogen-bond acceptors (Lipinski definition) is 5. The SMILES string of the molecule is COC(=O)C/C(=C\c1ccc2ncccc2c1)C(=O)OC. The van der Waals surface area contributed by atoms with Crippen molar-refractivity contribution in [2.24, 2.45) is 0 Å². The van der Waals surface area contributed by atoms with Crippen molar-refractivity contribution in [3.8, 4) is 0 Å². The van der Waals surface area contributed by atoms with Crippen LogP contribution in [0.15, 0.2) is 42.1 Å². The summed E-state index contributed by atoms with van der Waals surface area (Å²) < 4.78 is 9.28. The molecule has 0 unspecified atom stereocenters. The van der Waals surface area contributed by atoms with Crippen LogP contribution in [-0.2, 0) is 19.1 Å². The molecule has 0 aliphatic rings. The van der Waals surface area contributed by atoms with Gasteiger partial charge in [-0.2, -0.15) is 0 Å². The number of aromatic nitrogens is 1. The first-order valence-electron chi connectivity index (χ1n) is 6.34. The normalized spacial score (nSPS) is 11.2. The van der Waals surface area contributed by atoms with E-state index in [1.165, 1.54) is 14.2 Å². The highest BCUT2D eigenvalue weighted by Gasteiger charge is 2.15. The second-order valence-corrected chi connectivity index (χ2v) is 4.37. The van der Waals surface area contributed by atoms with Crippen molar-refractivity contribution in [2.75, 3.05) is 14.2 Å². The average molecular weight is 285 g/mol. The lowest BCUT2D eigenvalue weighted by Crippen LogP contribution is -2.10. The zero-order valence-electron chi connectivity index (χ0n) is 11.8. The first-order chi connectivity index (χ1) is 10.1. The van der Waals surface area contributed by atoms with Crippen LogP contribution in [0.3, 0.4) is 0 Å². The predicted octanol–water partition coefficient (Wildman–Crippen LogP) is 2.35. The molecule has 0 spiro atoms. The summed E-state index contributed by atoms with van der Waals surface area (Å²) in [4.78, 5) is 27.3. The van der Waals surface area contributed by atoms with E-state index in [4.69, 9.17) is 4.74 Å². The number of nitrogens with zero attached hydrogens (tertiary/aromatic N) is 1. The molecule has 0 saturated heterocycles. The highest BCUT2D eigenvalue weighted by Crippen LogP contribution is 2.17. The van der Waals surface area contributed by atoms with Gasteiger partial charge in [0, 0.05) is 17.2 Å². The van der Waals surface area contributed by atoms with Crippen molar-refractivity contribution in [2.45, 2.75) is 6.42 Å². The molecule has 5 heteroatoms. The fourth-order valence-electron chi connectivity index (χ4n) is 1.93. The Kier molecular flexibility index (Phi) is 4.66. The number of carbonyl (C=O) groups excluding carboxylic acids is 2. The summed E-state index contributed by atoms with van der Waals surface area (Å²) in [5.41, 5.74) is 1.90. The van der Waals surface area contributed by atoms with Crippen LogP contribution in [-0.4, -0.2) is 31.1 Å². The zero-order valence-corrected chi connectivity index (χ0v) is 11.8. The fourth-order valence-corrected chi connectivity index (χ4v) is 1.93. The zero-order chi connectivity index (χ0) is 15.2. The molecule has 0 amide bonds. The number of pyridine rings is 1. The molecular formula is C16H15NO4. The predicted molar refractivity (Wildman–Crippen MR) is 78.4 cm³/mol. The van der Waals surface area contributed by atoms with Crippen molar-refractivity contribution in [1.29, 1.82) is 0 Å². The summed E-state index contributed by atoms with van der Waals surface area (Å²) >= 11 is 0. The summed E-state index contributed by atoms with van der Waals surface area (Å²) in [5.74, 6) is -1.04. The van der Waals surface area contributed by atoms with Gasteiger partial charge < -0.3 is 9.47 Å². The van der Waals surface area contributed by atoms with Gasteiger partial charge in [-0.1, -0.05) is 12.1 Å². The van der Waals surface area contributed by atoms with Gasteiger partial charge in [-0.05, 0) is 29.8 Å². The van der Waals surface area contributed by atoms with E-state index in [9.17, 15) is 9.59 Å². The van der Waals surface area contributed by atoms with Gasteiger partial charge in [0.2, 0.25) is 0 Å². The van der Waals surface area contributed by atoms with E-state index in [2.05, 4.69) is 9.72 Å². The smallest absolute Gasteiger partial charge is 0.334 e. The molecule has 0 saturated carbocycles. The first kappa shape index (κ1) is 14.7. The molecule has 1 heterocycles. The van der Waals surface area contributed by atoms with E-state index in [1.807, 2.05) is 30.3 Å². The summed E-state index contributed by atoms with van der Waals surface area (Å²) in [6, 6.07) is 9.34. The standard InChI is InChI=1S/C16H15NO4/c1-20-15(18)10-13(16(19)21-2)9-11-5-6-14-12(8-11)4-3-7-17-14/h3-9H,10H2,1-2H3/b13-9+. The minimum Gasteiger partial charge on any atom is -0.469 e. The quantitative estimate of drug-likeness (QED) is 0.637. The van der Waals surface area contributed by atoms with E-state index < -0.39 is 11.9 Å². The summed E-state index contributed by atoms with van der Waals surface area (Å²) in [7, 11) is 2.55. The molecule has 2 rings (SSSR count). The van der Waals surface area contributed by atoms with E-state index in [0.29, 0.717) is 0 Å². The fraction of sp³-hybridized carbons (Fsp3) is 0.188. The Morgan fingerprint density at radius 2 is 2.00 bits per heavy atom. The minimum absolute atomic E-state index is 0.131. The van der Waals surface area contributed by atoms with Gasteiger partial charge in [0.1, 0.15) is 0 Å². The van der Waals surface area contributed by atoms with Crippen molar-refractivity contribution in [3.05, 3.63) is 47.7 Å². The number of ether oxygens (including phenoxy) is 2. The largest absolute Gasteiger partial charge is 0.469 e. The third-order valence-electron chi connectivity index (χ3n) is 2.98. The number of methoxy groups -OCH3 is 2. The third kappa shape index (κ3) is 3.66. The Labute approximate surface area is 122 Å². The monoisotopic (exact) mass is 285 g/mol. The second-order valence-electron chi connectivity index (χ2n) is 4.37. The molecule has 0 atom stereocenters. The van der Waals surface area contributed by atoms with Crippen molar-refractivity contribution < 1.29 is 19.1 Å². The van der Waals surface area contributed by atoms with Crippen molar-refractivity contribution in [1.82, 2.24) is 4.98 Å². The van der Waals surface area contributed by atoms with Crippen LogP contribution in [0.4, 0.5) is 0 Å². The number of hydrogen-bond donors (Lipinski definition) is 0. The van der Waals surface area contributed by atoms with E-state index in [0.717, 1.165) is 16.5 Å². The Hall–Kier alpha value is -2.69. The average Bonchev–Trinajstić information content (AvgIpc) is 2.53. The van der Waals surface area contributed by atoms with E-state index >= 15 is 0 Å². The first-order valence-corrected chi connectivity index (χ1v) is 6.34. The molecule has 108 valence electrons. The topological polar surface area (TPSA) is 65.5 Å². The lowest BCUT2D eigenvalue weighted by molar-refractivity contribution is -0.143. The number of benzene rings is 1. The van der Waals surface area contributed by atoms with E-state index in [1.54, 1.807) is 12.3 Å². The minimum atomic E-state index is -0.549. The van der Waals surface area contributed by atoms with Gasteiger partial charge in [0.25, 0.3) is 0 Å². The number of carbonyl (C=O) groups is 2. The number of esters is 2. The van der Waals surface area contributed by atoms with E-state index in [-0.39, 0.29) is 12.0 Å². The molecule has 5 nitrogen and oxygen atoms in total. The van der Waals surface area contributed by atoms with Gasteiger partial charge in [-0.25, -0.2) is 4.79 Å².